The third-order valence-electron chi connectivity index (χ3n) is 4.50. The Hall–Kier alpha value is -1.32. The van der Waals surface area contributed by atoms with E-state index in [1.807, 2.05) is 26.0 Å². The van der Waals surface area contributed by atoms with Crippen LogP contribution in [0.3, 0.4) is 0 Å². The first-order valence-corrected chi connectivity index (χ1v) is 7.91. The molecule has 1 aromatic carbocycles. The Kier molecular flexibility index (Phi) is 4.98. The minimum atomic E-state index is -0.911. The molecule has 0 amide bonds. The molecule has 0 spiro atoms. The normalized spacial score (nSPS) is 19.0. The Morgan fingerprint density at radius 2 is 1.95 bits per heavy atom. The highest BCUT2D eigenvalue weighted by molar-refractivity contribution is 6.47. The molecular weight excluding hydrogens is 271 g/mol. The summed E-state index contributed by atoms with van der Waals surface area (Å²) in [6.07, 6.45) is 7.81. The Morgan fingerprint density at radius 3 is 2.55 bits per heavy atom. The van der Waals surface area contributed by atoms with Gasteiger partial charge in [0.2, 0.25) is 0 Å². The minimum absolute atomic E-state index is 0.620. The van der Waals surface area contributed by atoms with E-state index in [0.29, 0.717) is 5.92 Å². The summed E-state index contributed by atoms with van der Waals surface area (Å²) < 4.78 is 5.83. The van der Waals surface area contributed by atoms with Crippen molar-refractivity contribution in [3.05, 3.63) is 48.1 Å². The van der Waals surface area contributed by atoms with Crippen molar-refractivity contribution in [1.29, 1.82) is 0 Å². The van der Waals surface area contributed by atoms with Gasteiger partial charge in [-0.2, -0.15) is 0 Å². The van der Waals surface area contributed by atoms with Gasteiger partial charge in [-0.05, 0) is 51.2 Å². The van der Waals surface area contributed by atoms with Gasteiger partial charge < -0.3 is 9.76 Å². The molecule has 0 aliphatic heterocycles. The van der Waals surface area contributed by atoms with Crippen molar-refractivity contribution in [3.8, 4) is 0 Å². The van der Waals surface area contributed by atoms with Gasteiger partial charge in [0.25, 0.3) is 0 Å². The van der Waals surface area contributed by atoms with Crippen LogP contribution in [0, 0.1) is 5.92 Å². The molecule has 1 N–H and O–H groups in total. The van der Waals surface area contributed by atoms with Crippen molar-refractivity contribution in [1.82, 2.24) is 0 Å². The smallest absolute Gasteiger partial charge is 0.330 e. The maximum absolute atomic E-state index is 10.1. The number of aliphatic hydroxyl groups is 1. The Bertz CT molecular complexity index is 579. The molecule has 1 atom stereocenters. The molecule has 0 heterocycles. The molecule has 22 heavy (non-hydrogen) atoms. The summed E-state index contributed by atoms with van der Waals surface area (Å²) in [5.74, 6) is 0.620. The van der Waals surface area contributed by atoms with Crippen LogP contribution in [0.1, 0.15) is 46.6 Å². The fraction of sp³-hybridized carbons (Fsp3) is 0.474. The van der Waals surface area contributed by atoms with Gasteiger partial charge >= 0.3 is 7.48 Å². The van der Waals surface area contributed by atoms with Gasteiger partial charge in [0.15, 0.2) is 0 Å². The topological polar surface area (TPSA) is 29.5 Å². The van der Waals surface area contributed by atoms with Crippen LogP contribution in [-0.4, -0.2) is 23.8 Å². The van der Waals surface area contributed by atoms with Crippen molar-refractivity contribution in [2.75, 3.05) is 0 Å². The predicted octanol–water partition coefficient (Wildman–Crippen LogP) is 3.48. The van der Waals surface area contributed by atoms with E-state index in [9.17, 15) is 5.11 Å². The van der Waals surface area contributed by atoms with Crippen LogP contribution < -0.4 is 5.46 Å². The van der Waals surface area contributed by atoms with Crippen LogP contribution >= 0.6 is 0 Å². The summed E-state index contributed by atoms with van der Waals surface area (Å²) in [5.41, 5.74) is 1.90. The number of hydrogen-bond donors (Lipinski definition) is 1. The summed E-state index contributed by atoms with van der Waals surface area (Å²) in [7, 11) is 1.73. The monoisotopic (exact) mass is 297 g/mol. The number of hydrogen-bond acceptors (Lipinski definition) is 2. The molecule has 2 nitrogen and oxygen atoms in total. The van der Waals surface area contributed by atoms with Crippen LogP contribution in [0.25, 0.3) is 5.57 Å². The van der Waals surface area contributed by atoms with Gasteiger partial charge in [-0.1, -0.05) is 54.9 Å². The first kappa shape index (κ1) is 17.0. The van der Waals surface area contributed by atoms with Crippen LogP contribution in [0.4, 0.5) is 0 Å². The van der Waals surface area contributed by atoms with E-state index in [0.717, 1.165) is 11.9 Å². The standard InChI is InChI=1S/C19H26BO2/c1-14-9-11-15(12-10-14)16-7-6-8-17(13-16)20-22-19(4,5)18(2,3)21/h6-9,11-14,21H,10H2,1-5H3. The van der Waals surface area contributed by atoms with E-state index in [-0.39, 0.29) is 0 Å². The second-order valence-electron chi connectivity index (χ2n) is 7.16. The quantitative estimate of drug-likeness (QED) is 0.843. The van der Waals surface area contributed by atoms with Gasteiger partial charge in [-0.3, -0.25) is 0 Å². The average Bonchev–Trinajstić information content (AvgIpc) is 2.45. The van der Waals surface area contributed by atoms with Crippen LogP contribution in [-0.2, 0) is 4.65 Å². The summed E-state index contributed by atoms with van der Waals surface area (Å²) in [6, 6.07) is 8.28. The summed E-state index contributed by atoms with van der Waals surface area (Å²) in [5, 5.41) is 10.1. The van der Waals surface area contributed by atoms with Crippen molar-refractivity contribution < 1.29 is 9.76 Å². The molecule has 1 unspecified atom stereocenters. The van der Waals surface area contributed by atoms with Crippen LogP contribution in [0.15, 0.2) is 42.5 Å². The lowest BCUT2D eigenvalue weighted by atomic mass is 9.81. The van der Waals surface area contributed by atoms with E-state index >= 15 is 0 Å². The van der Waals surface area contributed by atoms with Gasteiger partial charge in [0.1, 0.15) is 0 Å². The third kappa shape index (κ3) is 4.11. The zero-order valence-corrected chi connectivity index (χ0v) is 14.3. The fourth-order valence-corrected chi connectivity index (χ4v) is 2.09. The molecule has 0 bridgehead atoms. The second kappa shape index (κ2) is 6.43. The lowest BCUT2D eigenvalue weighted by molar-refractivity contribution is -0.0893. The Morgan fingerprint density at radius 1 is 1.23 bits per heavy atom. The van der Waals surface area contributed by atoms with E-state index in [1.54, 1.807) is 21.3 Å². The molecule has 1 radical (unpaired) electrons. The first-order valence-electron chi connectivity index (χ1n) is 7.91. The maximum atomic E-state index is 10.1. The lowest BCUT2D eigenvalue weighted by Crippen LogP contribution is -2.49. The van der Waals surface area contributed by atoms with Crippen molar-refractivity contribution in [2.24, 2.45) is 5.92 Å². The molecule has 1 aromatic rings. The predicted molar refractivity (Wildman–Crippen MR) is 94.2 cm³/mol. The SMILES string of the molecule is CC1C=CC(c2cccc([B]OC(C)(C)C(C)(C)O)c2)=CC1. The lowest BCUT2D eigenvalue weighted by Gasteiger charge is -2.37. The molecule has 0 fully saturated rings. The third-order valence-corrected chi connectivity index (χ3v) is 4.50. The zero-order valence-electron chi connectivity index (χ0n) is 14.3. The molecule has 0 saturated carbocycles. The summed E-state index contributed by atoms with van der Waals surface area (Å²) >= 11 is 0. The van der Waals surface area contributed by atoms with E-state index in [1.165, 1.54) is 11.1 Å². The van der Waals surface area contributed by atoms with Gasteiger partial charge in [-0.15, -0.1) is 0 Å². The second-order valence-corrected chi connectivity index (χ2v) is 7.16. The highest BCUT2D eigenvalue weighted by Crippen LogP contribution is 2.25. The maximum Gasteiger partial charge on any atom is 0.330 e. The Balaban J connectivity index is 2.08. The number of rotatable bonds is 5. The van der Waals surface area contributed by atoms with Crippen LogP contribution in [0.2, 0.25) is 0 Å². The fourth-order valence-electron chi connectivity index (χ4n) is 2.09. The molecule has 117 valence electrons. The minimum Gasteiger partial charge on any atom is -0.427 e. The number of allylic oxidation sites excluding steroid dienone is 4. The number of benzene rings is 1. The van der Waals surface area contributed by atoms with Gasteiger partial charge in [0, 0.05) is 0 Å². The molecular formula is C19H26BO2. The molecule has 3 heteroatoms. The van der Waals surface area contributed by atoms with Crippen molar-refractivity contribution in [3.63, 3.8) is 0 Å². The molecule has 0 saturated heterocycles. The van der Waals surface area contributed by atoms with Gasteiger partial charge in [0.05, 0.1) is 11.2 Å². The highest BCUT2D eigenvalue weighted by Gasteiger charge is 2.35. The van der Waals surface area contributed by atoms with E-state index < -0.39 is 11.2 Å². The van der Waals surface area contributed by atoms with Crippen molar-refractivity contribution in [2.45, 2.75) is 52.2 Å². The molecule has 1 aliphatic rings. The Labute approximate surface area is 135 Å². The van der Waals surface area contributed by atoms with Gasteiger partial charge in [-0.25, -0.2) is 0 Å². The summed E-state index contributed by atoms with van der Waals surface area (Å²) in [4.78, 5) is 0. The van der Waals surface area contributed by atoms with Crippen LogP contribution in [0.5, 0.6) is 0 Å². The summed E-state index contributed by atoms with van der Waals surface area (Å²) in [6.45, 7) is 9.52. The average molecular weight is 297 g/mol. The molecule has 0 aromatic heterocycles. The van der Waals surface area contributed by atoms with E-state index in [2.05, 4.69) is 37.3 Å². The van der Waals surface area contributed by atoms with Crippen molar-refractivity contribution >= 4 is 18.5 Å². The zero-order chi connectivity index (χ0) is 16.4. The van der Waals surface area contributed by atoms with E-state index in [4.69, 9.17) is 4.65 Å². The highest BCUT2D eigenvalue weighted by atomic mass is 16.5. The molecule has 2 rings (SSSR count). The molecule has 1 aliphatic carbocycles. The first-order chi connectivity index (χ1) is 10.2. The largest absolute Gasteiger partial charge is 0.427 e.